The largest absolute Gasteiger partial charge is 0.361 e. The van der Waals surface area contributed by atoms with Crippen LogP contribution in [0.1, 0.15) is 16.8 Å². The van der Waals surface area contributed by atoms with E-state index in [-0.39, 0.29) is 5.91 Å². The summed E-state index contributed by atoms with van der Waals surface area (Å²) in [6.45, 7) is 3.51. The third-order valence-corrected chi connectivity index (χ3v) is 3.45. The third-order valence-electron chi connectivity index (χ3n) is 3.45. The fourth-order valence-electron chi connectivity index (χ4n) is 2.49. The second kappa shape index (κ2) is 4.82. The normalized spacial score (nSPS) is 16.8. The van der Waals surface area contributed by atoms with Crippen LogP contribution in [0.4, 0.5) is 0 Å². The van der Waals surface area contributed by atoms with Crippen LogP contribution >= 0.6 is 0 Å². The second-order valence-corrected chi connectivity index (χ2v) is 4.64. The lowest BCUT2D eigenvalue weighted by atomic mass is 10.1. The molecule has 18 heavy (non-hydrogen) atoms. The average Bonchev–Trinajstić information content (AvgIpc) is 2.71. The SMILES string of the molecule is O=C(c1cccc2[nH]ccc12)N1CCCNCC1. The van der Waals surface area contributed by atoms with E-state index in [0.717, 1.165) is 49.1 Å². The maximum absolute atomic E-state index is 12.5. The van der Waals surface area contributed by atoms with Crippen LogP contribution in [-0.2, 0) is 0 Å². The number of nitrogens with zero attached hydrogens (tertiary/aromatic N) is 1. The number of hydrogen-bond donors (Lipinski definition) is 2. The molecule has 1 aromatic carbocycles. The highest BCUT2D eigenvalue weighted by Gasteiger charge is 2.18. The van der Waals surface area contributed by atoms with Crippen LogP contribution in [0.25, 0.3) is 10.9 Å². The van der Waals surface area contributed by atoms with Crippen molar-refractivity contribution in [3.8, 4) is 0 Å². The van der Waals surface area contributed by atoms with Gasteiger partial charge in [0, 0.05) is 42.3 Å². The van der Waals surface area contributed by atoms with E-state index >= 15 is 0 Å². The van der Waals surface area contributed by atoms with E-state index in [2.05, 4.69) is 10.3 Å². The van der Waals surface area contributed by atoms with Gasteiger partial charge in [0.15, 0.2) is 0 Å². The molecule has 1 aliphatic rings. The molecule has 1 aromatic heterocycles. The van der Waals surface area contributed by atoms with Crippen molar-refractivity contribution in [2.75, 3.05) is 26.2 Å². The molecule has 0 radical (unpaired) electrons. The topological polar surface area (TPSA) is 48.1 Å². The zero-order valence-corrected chi connectivity index (χ0v) is 10.3. The summed E-state index contributed by atoms with van der Waals surface area (Å²) in [5, 5.41) is 4.33. The summed E-state index contributed by atoms with van der Waals surface area (Å²) < 4.78 is 0. The molecule has 2 N–H and O–H groups in total. The summed E-state index contributed by atoms with van der Waals surface area (Å²) >= 11 is 0. The number of rotatable bonds is 1. The predicted octanol–water partition coefficient (Wildman–Crippen LogP) is 1.60. The maximum atomic E-state index is 12.5. The fraction of sp³-hybridized carbons (Fsp3) is 0.357. The van der Waals surface area contributed by atoms with Crippen LogP contribution in [0.15, 0.2) is 30.5 Å². The number of hydrogen-bond acceptors (Lipinski definition) is 2. The summed E-state index contributed by atoms with van der Waals surface area (Å²) in [7, 11) is 0. The minimum absolute atomic E-state index is 0.143. The smallest absolute Gasteiger partial charge is 0.254 e. The van der Waals surface area contributed by atoms with Gasteiger partial charge < -0.3 is 15.2 Å². The van der Waals surface area contributed by atoms with Crippen molar-refractivity contribution >= 4 is 16.8 Å². The first kappa shape index (κ1) is 11.3. The number of fused-ring (bicyclic) bond motifs is 1. The molecule has 3 rings (SSSR count). The minimum atomic E-state index is 0.143. The molecule has 2 heterocycles. The molecule has 0 saturated carbocycles. The first-order valence-electron chi connectivity index (χ1n) is 6.42. The Bertz CT molecular complexity index is 553. The highest BCUT2D eigenvalue weighted by Crippen LogP contribution is 2.19. The highest BCUT2D eigenvalue weighted by molar-refractivity contribution is 6.06. The predicted molar refractivity (Wildman–Crippen MR) is 71.7 cm³/mol. The zero-order chi connectivity index (χ0) is 12.4. The van der Waals surface area contributed by atoms with Gasteiger partial charge in [0.1, 0.15) is 0 Å². The van der Waals surface area contributed by atoms with Gasteiger partial charge in [0.2, 0.25) is 0 Å². The van der Waals surface area contributed by atoms with Crippen molar-refractivity contribution in [3.63, 3.8) is 0 Å². The standard InChI is InChI=1S/C14H17N3O/c18-14(17-9-2-6-15-8-10-17)12-3-1-4-13-11(12)5-7-16-13/h1,3-5,7,15-16H,2,6,8-10H2. The van der Waals surface area contributed by atoms with Gasteiger partial charge in [-0.15, -0.1) is 0 Å². The van der Waals surface area contributed by atoms with E-state index in [1.54, 1.807) is 0 Å². The van der Waals surface area contributed by atoms with E-state index in [1.165, 1.54) is 0 Å². The lowest BCUT2D eigenvalue weighted by molar-refractivity contribution is 0.0768. The molecule has 4 nitrogen and oxygen atoms in total. The van der Waals surface area contributed by atoms with Crippen LogP contribution in [0, 0.1) is 0 Å². The number of H-pyrrole nitrogens is 1. The first-order valence-corrected chi connectivity index (χ1v) is 6.42. The van der Waals surface area contributed by atoms with Gasteiger partial charge in [-0.2, -0.15) is 0 Å². The summed E-state index contributed by atoms with van der Waals surface area (Å²) in [4.78, 5) is 17.6. The lowest BCUT2D eigenvalue weighted by Gasteiger charge is -2.20. The average molecular weight is 243 g/mol. The number of benzene rings is 1. The number of aromatic nitrogens is 1. The lowest BCUT2D eigenvalue weighted by Crippen LogP contribution is -2.34. The first-order chi connectivity index (χ1) is 8.86. The Kier molecular flexibility index (Phi) is 3.02. The summed E-state index contributed by atoms with van der Waals surface area (Å²) in [5.74, 6) is 0.143. The van der Waals surface area contributed by atoms with Crippen LogP contribution < -0.4 is 5.32 Å². The summed E-state index contributed by atoms with van der Waals surface area (Å²) in [6, 6.07) is 7.81. The van der Waals surface area contributed by atoms with Gasteiger partial charge in [0.25, 0.3) is 5.91 Å². The summed E-state index contributed by atoms with van der Waals surface area (Å²) in [5.41, 5.74) is 1.82. The van der Waals surface area contributed by atoms with E-state index in [9.17, 15) is 4.79 Å². The Morgan fingerprint density at radius 3 is 3.06 bits per heavy atom. The van der Waals surface area contributed by atoms with Crippen molar-refractivity contribution in [2.45, 2.75) is 6.42 Å². The van der Waals surface area contributed by atoms with E-state index in [0.29, 0.717) is 0 Å². The van der Waals surface area contributed by atoms with Crippen molar-refractivity contribution in [1.82, 2.24) is 15.2 Å². The van der Waals surface area contributed by atoms with Crippen molar-refractivity contribution in [3.05, 3.63) is 36.0 Å². The Labute approximate surface area is 106 Å². The van der Waals surface area contributed by atoms with Crippen LogP contribution in [0.3, 0.4) is 0 Å². The minimum Gasteiger partial charge on any atom is -0.361 e. The molecule has 1 fully saturated rings. The number of nitrogens with one attached hydrogen (secondary N) is 2. The molecule has 4 heteroatoms. The molecule has 94 valence electrons. The van der Waals surface area contributed by atoms with Crippen LogP contribution in [-0.4, -0.2) is 42.0 Å². The van der Waals surface area contributed by atoms with Crippen LogP contribution in [0.5, 0.6) is 0 Å². The zero-order valence-electron chi connectivity index (χ0n) is 10.3. The maximum Gasteiger partial charge on any atom is 0.254 e. The molecule has 0 bridgehead atoms. The monoisotopic (exact) mass is 243 g/mol. The van der Waals surface area contributed by atoms with E-state index in [4.69, 9.17) is 0 Å². The van der Waals surface area contributed by atoms with Crippen LogP contribution in [0.2, 0.25) is 0 Å². The number of amides is 1. The van der Waals surface area contributed by atoms with Gasteiger partial charge >= 0.3 is 0 Å². The molecular weight excluding hydrogens is 226 g/mol. The fourth-order valence-corrected chi connectivity index (χ4v) is 2.49. The van der Waals surface area contributed by atoms with Crippen molar-refractivity contribution < 1.29 is 4.79 Å². The Morgan fingerprint density at radius 1 is 1.17 bits per heavy atom. The van der Waals surface area contributed by atoms with Gasteiger partial charge in [-0.05, 0) is 31.2 Å². The van der Waals surface area contributed by atoms with Gasteiger partial charge in [-0.3, -0.25) is 4.79 Å². The molecule has 2 aromatic rings. The van der Waals surface area contributed by atoms with Gasteiger partial charge in [-0.1, -0.05) is 6.07 Å². The molecule has 1 amide bonds. The third kappa shape index (κ3) is 1.99. The molecule has 1 aliphatic heterocycles. The molecule has 0 aliphatic carbocycles. The number of aromatic amines is 1. The van der Waals surface area contributed by atoms with Crippen molar-refractivity contribution in [2.24, 2.45) is 0 Å². The van der Waals surface area contributed by atoms with E-state index < -0.39 is 0 Å². The Balaban J connectivity index is 1.93. The Hall–Kier alpha value is -1.81. The summed E-state index contributed by atoms with van der Waals surface area (Å²) in [6.07, 6.45) is 2.90. The quantitative estimate of drug-likeness (QED) is 0.799. The van der Waals surface area contributed by atoms with Gasteiger partial charge in [-0.25, -0.2) is 0 Å². The van der Waals surface area contributed by atoms with Crippen molar-refractivity contribution in [1.29, 1.82) is 0 Å². The van der Waals surface area contributed by atoms with Gasteiger partial charge in [0.05, 0.1) is 0 Å². The molecule has 0 unspecified atom stereocenters. The molecule has 0 spiro atoms. The van der Waals surface area contributed by atoms with E-state index in [1.807, 2.05) is 35.4 Å². The second-order valence-electron chi connectivity index (χ2n) is 4.64. The molecule has 0 atom stereocenters. The highest BCUT2D eigenvalue weighted by atomic mass is 16.2. The molecule has 1 saturated heterocycles. The Morgan fingerprint density at radius 2 is 2.11 bits per heavy atom. The number of carbonyl (C=O) groups excluding carboxylic acids is 1. The number of carbonyl (C=O) groups is 1. The molecular formula is C14H17N3O.